The second-order valence-corrected chi connectivity index (χ2v) is 4.20. The predicted molar refractivity (Wildman–Crippen MR) is 70.0 cm³/mol. The van der Waals surface area contributed by atoms with Crippen LogP contribution in [0.25, 0.3) is 0 Å². The topological polar surface area (TPSA) is 41.5 Å². The molecule has 1 rings (SSSR count). The average Bonchev–Trinajstić information content (AvgIpc) is 2.37. The summed E-state index contributed by atoms with van der Waals surface area (Å²) in [6, 6.07) is 10.7. The zero-order valence-electron chi connectivity index (χ0n) is 10.7. The van der Waals surface area contributed by atoms with Gasteiger partial charge in [0, 0.05) is 25.3 Å². The maximum atomic E-state index is 9.12. The van der Waals surface area contributed by atoms with E-state index in [1.165, 1.54) is 5.56 Å². The first-order chi connectivity index (χ1) is 8.27. The highest BCUT2D eigenvalue weighted by atomic mass is 16.5. The van der Waals surface area contributed by atoms with Gasteiger partial charge in [0.05, 0.1) is 6.61 Å². The fraction of sp³-hybridized carbons (Fsp3) is 0.571. The minimum atomic E-state index is 0.188. The van der Waals surface area contributed by atoms with E-state index in [0.29, 0.717) is 6.61 Å². The van der Waals surface area contributed by atoms with Gasteiger partial charge >= 0.3 is 0 Å². The molecule has 0 aliphatic heterocycles. The van der Waals surface area contributed by atoms with E-state index in [1.54, 1.807) is 0 Å². The lowest BCUT2D eigenvalue weighted by molar-refractivity contribution is 0.121. The molecule has 2 atom stereocenters. The Bertz CT molecular complexity index is 290. The van der Waals surface area contributed by atoms with E-state index in [-0.39, 0.29) is 18.7 Å². The molecule has 2 N–H and O–H groups in total. The molecular formula is C14H23NO2. The third-order valence-electron chi connectivity index (χ3n) is 2.68. The Labute approximate surface area is 104 Å². The summed E-state index contributed by atoms with van der Waals surface area (Å²) in [5.74, 6) is 0. The van der Waals surface area contributed by atoms with Gasteiger partial charge < -0.3 is 15.2 Å². The van der Waals surface area contributed by atoms with Crippen LogP contribution in [0.3, 0.4) is 0 Å². The summed E-state index contributed by atoms with van der Waals surface area (Å²) in [7, 11) is 0. The maximum Gasteiger partial charge on any atom is 0.0616 e. The summed E-state index contributed by atoms with van der Waals surface area (Å²) in [5, 5.41) is 12.6. The smallest absolute Gasteiger partial charge is 0.0616 e. The van der Waals surface area contributed by atoms with Crippen molar-refractivity contribution in [1.82, 2.24) is 5.32 Å². The summed E-state index contributed by atoms with van der Waals surface area (Å²) in [4.78, 5) is 0. The SMILES string of the molecule is CCOCC(C)N[C@H](CCO)c1ccccc1. The van der Waals surface area contributed by atoms with Crippen LogP contribution in [0.15, 0.2) is 30.3 Å². The number of hydrogen-bond donors (Lipinski definition) is 2. The van der Waals surface area contributed by atoms with Gasteiger partial charge in [-0.3, -0.25) is 0 Å². The highest BCUT2D eigenvalue weighted by molar-refractivity contribution is 5.18. The van der Waals surface area contributed by atoms with E-state index < -0.39 is 0 Å². The van der Waals surface area contributed by atoms with Gasteiger partial charge in [-0.05, 0) is 25.8 Å². The molecule has 0 saturated carbocycles. The number of benzene rings is 1. The van der Waals surface area contributed by atoms with Crippen molar-refractivity contribution >= 4 is 0 Å². The van der Waals surface area contributed by atoms with Crippen molar-refractivity contribution in [3.63, 3.8) is 0 Å². The van der Waals surface area contributed by atoms with Crippen molar-refractivity contribution in [1.29, 1.82) is 0 Å². The van der Waals surface area contributed by atoms with Crippen LogP contribution in [0.1, 0.15) is 31.9 Å². The van der Waals surface area contributed by atoms with Crippen molar-refractivity contribution in [2.24, 2.45) is 0 Å². The van der Waals surface area contributed by atoms with E-state index in [2.05, 4.69) is 24.4 Å². The van der Waals surface area contributed by atoms with Crippen LogP contribution in [-0.4, -0.2) is 31.0 Å². The number of aliphatic hydroxyl groups is 1. The van der Waals surface area contributed by atoms with Crippen LogP contribution in [0.4, 0.5) is 0 Å². The molecule has 0 radical (unpaired) electrons. The van der Waals surface area contributed by atoms with E-state index in [0.717, 1.165) is 13.0 Å². The number of aliphatic hydroxyl groups excluding tert-OH is 1. The van der Waals surface area contributed by atoms with Crippen molar-refractivity contribution < 1.29 is 9.84 Å². The van der Waals surface area contributed by atoms with Gasteiger partial charge in [0.15, 0.2) is 0 Å². The molecule has 0 aliphatic carbocycles. The summed E-state index contributed by atoms with van der Waals surface area (Å²) in [6.07, 6.45) is 0.723. The first-order valence-corrected chi connectivity index (χ1v) is 6.27. The summed E-state index contributed by atoms with van der Waals surface area (Å²) in [6.45, 7) is 5.72. The normalized spacial score (nSPS) is 14.5. The van der Waals surface area contributed by atoms with Gasteiger partial charge in [-0.2, -0.15) is 0 Å². The first kappa shape index (κ1) is 14.2. The molecule has 0 aromatic heterocycles. The van der Waals surface area contributed by atoms with Crippen molar-refractivity contribution in [3.8, 4) is 0 Å². The molecular weight excluding hydrogens is 214 g/mol. The number of ether oxygens (including phenoxy) is 1. The van der Waals surface area contributed by atoms with Crippen LogP contribution >= 0.6 is 0 Å². The highest BCUT2D eigenvalue weighted by Gasteiger charge is 2.13. The van der Waals surface area contributed by atoms with Gasteiger partial charge in [-0.1, -0.05) is 30.3 Å². The number of nitrogens with one attached hydrogen (secondary N) is 1. The van der Waals surface area contributed by atoms with Gasteiger partial charge in [-0.25, -0.2) is 0 Å². The Balaban J connectivity index is 2.54. The van der Waals surface area contributed by atoms with Crippen molar-refractivity contribution in [2.45, 2.75) is 32.4 Å². The average molecular weight is 237 g/mol. The Morgan fingerprint density at radius 3 is 2.59 bits per heavy atom. The Morgan fingerprint density at radius 2 is 2.00 bits per heavy atom. The molecule has 96 valence electrons. The van der Waals surface area contributed by atoms with E-state index in [4.69, 9.17) is 9.84 Å². The van der Waals surface area contributed by atoms with Gasteiger partial charge in [0.1, 0.15) is 0 Å². The number of rotatable bonds is 8. The molecule has 1 unspecified atom stereocenters. The molecule has 0 bridgehead atoms. The van der Waals surface area contributed by atoms with Crippen LogP contribution in [-0.2, 0) is 4.74 Å². The Hall–Kier alpha value is -0.900. The van der Waals surface area contributed by atoms with Crippen molar-refractivity contribution in [3.05, 3.63) is 35.9 Å². The molecule has 0 amide bonds. The minimum Gasteiger partial charge on any atom is -0.396 e. The highest BCUT2D eigenvalue weighted by Crippen LogP contribution is 2.16. The zero-order chi connectivity index (χ0) is 12.5. The largest absolute Gasteiger partial charge is 0.396 e. The van der Waals surface area contributed by atoms with Gasteiger partial charge in [0.2, 0.25) is 0 Å². The lowest BCUT2D eigenvalue weighted by Gasteiger charge is -2.23. The molecule has 3 nitrogen and oxygen atoms in total. The number of hydrogen-bond acceptors (Lipinski definition) is 3. The lowest BCUT2D eigenvalue weighted by Crippen LogP contribution is -2.34. The van der Waals surface area contributed by atoms with E-state index in [9.17, 15) is 0 Å². The Morgan fingerprint density at radius 1 is 1.29 bits per heavy atom. The molecule has 1 aromatic rings. The monoisotopic (exact) mass is 237 g/mol. The molecule has 3 heteroatoms. The zero-order valence-corrected chi connectivity index (χ0v) is 10.7. The standard InChI is InChI=1S/C14H23NO2/c1-3-17-11-12(2)15-14(9-10-16)13-7-5-4-6-8-13/h4-8,12,14-16H,3,9-11H2,1-2H3/t12?,14-/m1/s1. The molecule has 0 heterocycles. The second-order valence-electron chi connectivity index (χ2n) is 4.20. The van der Waals surface area contributed by atoms with Gasteiger partial charge in [0.25, 0.3) is 0 Å². The fourth-order valence-electron chi connectivity index (χ4n) is 1.85. The molecule has 0 spiro atoms. The summed E-state index contributed by atoms with van der Waals surface area (Å²) in [5.41, 5.74) is 1.21. The van der Waals surface area contributed by atoms with Crippen molar-refractivity contribution in [2.75, 3.05) is 19.8 Å². The fourth-order valence-corrected chi connectivity index (χ4v) is 1.85. The van der Waals surface area contributed by atoms with Gasteiger partial charge in [-0.15, -0.1) is 0 Å². The Kier molecular flexibility index (Phi) is 6.86. The van der Waals surface area contributed by atoms with Crippen LogP contribution in [0, 0.1) is 0 Å². The predicted octanol–water partition coefficient (Wildman–Crippen LogP) is 2.12. The van der Waals surface area contributed by atoms with Crippen LogP contribution in [0.5, 0.6) is 0 Å². The minimum absolute atomic E-state index is 0.188. The van der Waals surface area contributed by atoms with Crippen LogP contribution < -0.4 is 5.32 Å². The third-order valence-corrected chi connectivity index (χ3v) is 2.68. The van der Waals surface area contributed by atoms with E-state index in [1.807, 2.05) is 25.1 Å². The molecule has 0 aliphatic rings. The van der Waals surface area contributed by atoms with E-state index >= 15 is 0 Å². The summed E-state index contributed by atoms with van der Waals surface area (Å²) < 4.78 is 5.39. The quantitative estimate of drug-likeness (QED) is 0.727. The molecule has 0 saturated heterocycles. The molecule has 1 aromatic carbocycles. The summed E-state index contributed by atoms with van der Waals surface area (Å²) >= 11 is 0. The molecule has 17 heavy (non-hydrogen) atoms. The van der Waals surface area contributed by atoms with Crippen LogP contribution in [0.2, 0.25) is 0 Å². The third kappa shape index (κ3) is 5.31. The maximum absolute atomic E-state index is 9.12. The second kappa shape index (κ2) is 8.23. The molecule has 0 fully saturated rings. The first-order valence-electron chi connectivity index (χ1n) is 6.27. The lowest BCUT2D eigenvalue weighted by atomic mass is 10.0.